The lowest BCUT2D eigenvalue weighted by molar-refractivity contribution is 0.296. The summed E-state index contributed by atoms with van der Waals surface area (Å²) < 4.78 is 7.66. The first-order valence-corrected chi connectivity index (χ1v) is 6.73. The third-order valence-corrected chi connectivity index (χ3v) is 3.26. The molecule has 4 nitrogen and oxygen atoms in total. The number of hydrogen-bond acceptors (Lipinski definition) is 3. The van der Waals surface area contributed by atoms with Crippen molar-refractivity contribution in [1.29, 1.82) is 5.26 Å². The predicted molar refractivity (Wildman–Crippen MR) is 79.6 cm³/mol. The minimum Gasteiger partial charge on any atom is -0.492 e. The van der Waals surface area contributed by atoms with Gasteiger partial charge in [0, 0.05) is 5.69 Å². The van der Waals surface area contributed by atoms with Crippen molar-refractivity contribution >= 4 is 5.69 Å². The molecule has 0 aliphatic rings. The molecule has 2 rings (SSSR count). The molecule has 0 saturated carbocycles. The average molecular weight is 269 g/mol. The van der Waals surface area contributed by atoms with Crippen LogP contribution in [-0.4, -0.2) is 11.2 Å². The van der Waals surface area contributed by atoms with Crippen molar-refractivity contribution in [3.8, 4) is 11.8 Å². The molecule has 0 fully saturated rings. The standard InChI is InChI=1S/C16H19N3O/c1-3-16-15(18)10-13(11-17)19(16)7-8-20-14-6-4-5-12(2)9-14/h4-6,9-10H,3,7-8,18H2,1-2H3. The Labute approximate surface area is 119 Å². The van der Waals surface area contributed by atoms with Crippen LogP contribution in [0.25, 0.3) is 0 Å². The summed E-state index contributed by atoms with van der Waals surface area (Å²) in [6.45, 7) is 5.20. The summed E-state index contributed by atoms with van der Waals surface area (Å²) in [7, 11) is 0. The van der Waals surface area contributed by atoms with Crippen LogP contribution < -0.4 is 10.5 Å². The van der Waals surface area contributed by atoms with Gasteiger partial charge in [0.2, 0.25) is 0 Å². The van der Waals surface area contributed by atoms with Gasteiger partial charge in [-0.3, -0.25) is 0 Å². The quantitative estimate of drug-likeness (QED) is 0.907. The van der Waals surface area contributed by atoms with E-state index in [1.807, 2.05) is 42.7 Å². The molecule has 1 aromatic heterocycles. The largest absolute Gasteiger partial charge is 0.492 e. The number of nitrogens with zero attached hydrogens (tertiary/aromatic N) is 2. The molecule has 2 N–H and O–H groups in total. The monoisotopic (exact) mass is 269 g/mol. The summed E-state index contributed by atoms with van der Waals surface area (Å²) in [5, 5.41) is 9.14. The maximum atomic E-state index is 9.14. The van der Waals surface area contributed by atoms with Gasteiger partial charge >= 0.3 is 0 Å². The fraction of sp³-hybridized carbons (Fsp3) is 0.312. The number of nitriles is 1. The fourth-order valence-corrected chi connectivity index (χ4v) is 2.31. The normalized spacial score (nSPS) is 10.2. The van der Waals surface area contributed by atoms with E-state index >= 15 is 0 Å². The van der Waals surface area contributed by atoms with Crippen LogP contribution in [0.3, 0.4) is 0 Å². The zero-order valence-electron chi connectivity index (χ0n) is 11.9. The Morgan fingerprint density at radius 3 is 2.80 bits per heavy atom. The molecule has 1 heterocycles. The second kappa shape index (κ2) is 6.16. The van der Waals surface area contributed by atoms with Gasteiger partial charge in [-0.1, -0.05) is 19.1 Å². The molecular formula is C16H19N3O. The zero-order valence-corrected chi connectivity index (χ0v) is 11.9. The number of anilines is 1. The van der Waals surface area contributed by atoms with Crippen LogP contribution >= 0.6 is 0 Å². The first-order valence-electron chi connectivity index (χ1n) is 6.73. The van der Waals surface area contributed by atoms with Crippen molar-refractivity contribution < 1.29 is 4.74 Å². The van der Waals surface area contributed by atoms with Crippen LogP contribution in [-0.2, 0) is 13.0 Å². The summed E-state index contributed by atoms with van der Waals surface area (Å²) >= 11 is 0. The maximum Gasteiger partial charge on any atom is 0.122 e. The van der Waals surface area contributed by atoms with Crippen LogP contribution in [0.5, 0.6) is 5.75 Å². The Hall–Kier alpha value is -2.41. The number of nitrogen functional groups attached to an aromatic ring is 1. The Morgan fingerprint density at radius 1 is 1.35 bits per heavy atom. The van der Waals surface area contributed by atoms with E-state index in [0.29, 0.717) is 24.5 Å². The van der Waals surface area contributed by atoms with Crippen LogP contribution in [0.1, 0.15) is 23.9 Å². The average Bonchev–Trinajstić information content (AvgIpc) is 2.74. The Kier molecular flexibility index (Phi) is 4.31. The number of ether oxygens (including phenoxy) is 1. The van der Waals surface area contributed by atoms with E-state index in [1.165, 1.54) is 5.56 Å². The lowest BCUT2D eigenvalue weighted by Gasteiger charge is -2.11. The van der Waals surface area contributed by atoms with Gasteiger partial charge in [0.25, 0.3) is 0 Å². The van der Waals surface area contributed by atoms with Crippen LogP contribution in [0.4, 0.5) is 5.69 Å². The second-order valence-electron chi connectivity index (χ2n) is 4.71. The number of nitrogens with two attached hydrogens (primary N) is 1. The van der Waals surface area contributed by atoms with Crippen molar-refractivity contribution in [1.82, 2.24) is 4.57 Å². The van der Waals surface area contributed by atoms with E-state index in [9.17, 15) is 0 Å². The molecule has 0 amide bonds. The van der Waals surface area contributed by atoms with Gasteiger partial charge < -0.3 is 15.0 Å². The van der Waals surface area contributed by atoms with E-state index < -0.39 is 0 Å². The van der Waals surface area contributed by atoms with Crippen molar-refractivity contribution in [2.45, 2.75) is 26.8 Å². The molecule has 1 aromatic carbocycles. The fourth-order valence-electron chi connectivity index (χ4n) is 2.31. The Balaban J connectivity index is 2.06. The van der Waals surface area contributed by atoms with Crippen molar-refractivity contribution in [2.75, 3.05) is 12.3 Å². The van der Waals surface area contributed by atoms with Gasteiger partial charge in [0.05, 0.1) is 12.2 Å². The summed E-state index contributed by atoms with van der Waals surface area (Å²) in [5.41, 5.74) is 9.35. The lowest BCUT2D eigenvalue weighted by Crippen LogP contribution is -2.12. The summed E-state index contributed by atoms with van der Waals surface area (Å²) in [5.74, 6) is 0.849. The van der Waals surface area contributed by atoms with Crippen molar-refractivity contribution in [3.05, 3.63) is 47.3 Å². The molecule has 4 heteroatoms. The molecule has 0 unspecified atom stereocenters. The number of rotatable bonds is 5. The van der Waals surface area contributed by atoms with E-state index in [0.717, 1.165) is 17.9 Å². The molecule has 2 aromatic rings. The highest BCUT2D eigenvalue weighted by molar-refractivity contribution is 5.50. The van der Waals surface area contributed by atoms with Crippen LogP contribution in [0, 0.1) is 18.3 Å². The van der Waals surface area contributed by atoms with Gasteiger partial charge in [0.15, 0.2) is 0 Å². The number of hydrogen-bond donors (Lipinski definition) is 1. The van der Waals surface area contributed by atoms with E-state index in [-0.39, 0.29) is 0 Å². The molecule has 0 radical (unpaired) electrons. The Bertz CT molecular complexity index is 638. The molecule has 104 valence electrons. The summed E-state index contributed by atoms with van der Waals surface area (Å²) in [6, 6.07) is 11.8. The highest BCUT2D eigenvalue weighted by Gasteiger charge is 2.11. The van der Waals surface area contributed by atoms with E-state index in [1.54, 1.807) is 6.07 Å². The number of benzene rings is 1. The topological polar surface area (TPSA) is 64.0 Å². The first kappa shape index (κ1) is 14.0. The minimum atomic E-state index is 0.513. The van der Waals surface area contributed by atoms with Gasteiger partial charge in [-0.05, 0) is 37.1 Å². The second-order valence-corrected chi connectivity index (χ2v) is 4.71. The van der Waals surface area contributed by atoms with E-state index in [4.69, 9.17) is 15.7 Å². The smallest absolute Gasteiger partial charge is 0.122 e. The van der Waals surface area contributed by atoms with Gasteiger partial charge in [-0.2, -0.15) is 5.26 Å². The van der Waals surface area contributed by atoms with Gasteiger partial charge in [-0.15, -0.1) is 0 Å². The van der Waals surface area contributed by atoms with Gasteiger partial charge in [-0.25, -0.2) is 0 Å². The van der Waals surface area contributed by atoms with Crippen molar-refractivity contribution in [3.63, 3.8) is 0 Å². The van der Waals surface area contributed by atoms with Crippen LogP contribution in [0.2, 0.25) is 0 Å². The first-order chi connectivity index (χ1) is 9.65. The highest BCUT2D eigenvalue weighted by Crippen LogP contribution is 2.19. The highest BCUT2D eigenvalue weighted by atomic mass is 16.5. The Morgan fingerprint density at radius 2 is 2.15 bits per heavy atom. The molecule has 0 atom stereocenters. The molecule has 0 saturated heterocycles. The maximum absolute atomic E-state index is 9.14. The predicted octanol–water partition coefficient (Wildman–Crippen LogP) is 2.89. The molecule has 20 heavy (non-hydrogen) atoms. The third-order valence-electron chi connectivity index (χ3n) is 3.26. The lowest BCUT2D eigenvalue weighted by atomic mass is 10.2. The molecule has 0 aliphatic heterocycles. The molecule has 0 bridgehead atoms. The summed E-state index contributed by atoms with van der Waals surface area (Å²) in [6.07, 6.45) is 0.804. The van der Waals surface area contributed by atoms with Crippen molar-refractivity contribution in [2.24, 2.45) is 0 Å². The molecular weight excluding hydrogens is 250 g/mol. The number of aromatic nitrogens is 1. The molecule has 0 spiro atoms. The molecule has 0 aliphatic carbocycles. The third kappa shape index (κ3) is 2.94. The summed E-state index contributed by atoms with van der Waals surface area (Å²) in [4.78, 5) is 0. The van der Waals surface area contributed by atoms with Gasteiger partial charge in [0.1, 0.15) is 24.1 Å². The number of aryl methyl sites for hydroxylation is 1. The SMILES string of the molecule is CCc1c(N)cc(C#N)n1CCOc1cccc(C)c1. The minimum absolute atomic E-state index is 0.513. The zero-order chi connectivity index (χ0) is 14.5. The van der Waals surface area contributed by atoms with Crippen LogP contribution in [0.15, 0.2) is 30.3 Å². The van der Waals surface area contributed by atoms with E-state index in [2.05, 4.69) is 6.07 Å².